The standard InChI is InChI=1S/C29H33Cl2N3O4S/c1-21(2)18-32-29(36)27(16-22-8-5-4-6-9-22)33(19-23-12-14-24(30)15-13-23)28(35)20-34(39(3,37)38)26-11-7-10-25(31)17-26/h4-15,17,21,27H,16,18-20H2,1-3H3,(H,32,36). The molecule has 39 heavy (non-hydrogen) atoms. The maximum atomic E-state index is 14.0. The summed E-state index contributed by atoms with van der Waals surface area (Å²) in [4.78, 5) is 29.0. The lowest BCUT2D eigenvalue weighted by atomic mass is 10.0. The summed E-state index contributed by atoms with van der Waals surface area (Å²) in [7, 11) is -3.86. The van der Waals surface area contributed by atoms with Crippen LogP contribution in [-0.2, 0) is 32.6 Å². The lowest BCUT2D eigenvalue weighted by Gasteiger charge is -2.33. The molecular weight excluding hydrogens is 557 g/mol. The minimum Gasteiger partial charge on any atom is -0.354 e. The van der Waals surface area contributed by atoms with E-state index in [1.165, 1.54) is 11.0 Å². The van der Waals surface area contributed by atoms with Crippen molar-refractivity contribution in [2.24, 2.45) is 5.92 Å². The predicted octanol–water partition coefficient (Wildman–Crippen LogP) is 5.17. The van der Waals surface area contributed by atoms with Crippen LogP contribution in [0.1, 0.15) is 25.0 Å². The second-order valence-corrected chi connectivity index (χ2v) is 12.5. The van der Waals surface area contributed by atoms with Crippen molar-refractivity contribution >= 4 is 50.7 Å². The first kappa shape index (κ1) is 30.5. The molecule has 2 amide bonds. The summed E-state index contributed by atoms with van der Waals surface area (Å²) in [6.07, 6.45) is 1.28. The summed E-state index contributed by atoms with van der Waals surface area (Å²) in [5, 5.41) is 3.83. The van der Waals surface area contributed by atoms with Crippen molar-refractivity contribution in [3.63, 3.8) is 0 Å². The summed E-state index contributed by atoms with van der Waals surface area (Å²) in [5.74, 6) is -0.644. The fraction of sp³-hybridized carbons (Fsp3) is 0.310. The number of nitrogens with zero attached hydrogens (tertiary/aromatic N) is 2. The third kappa shape index (κ3) is 9.27. The van der Waals surface area contributed by atoms with E-state index < -0.39 is 28.5 Å². The molecule has 0 aromatic heterocycles. The maximum absolute atomic E-state index is 14.0. The molecule has 0 aliphatic rings. The number of carbonyl (C=O) groups is 2. The maximum Gasteiger partial charge on any atom is 0.244 e. The molecule has 1 unspecified atom stereocenters. The molecule has 0 spiro atoms. The molecule has 0 saturated heterocycles. The lowest BCUT2D eigenvalue weighted by Crippen LogP contribution is -2.53. The number of nitrogens with one attached hydrogen (secondary N) is 1. The highest BCUT2D eigenvalue weighted by molar-refractivity contribution is 7.92. The Kier molecular flexibility index (Phi) is 10.8. The van der Waals surface area contributed by atoms with Gasteiger partial charge in [0.25, 0.3) is 0 Å². The number of rotatable bonds is 12. The monoisotopic (exact) mass is 589 g/mol. The van der Waals surface area contributed by atoms with E-state index >= 15 is 0 Å². The molecule has 7 nitrogen and oxygen atoms in total. The van der Waals surface area contributed by atoms with Gasteiger partial charge in [0, 0.05) is 29.6 Å². The summed E-state index contributed by atoms with van der Waals surface area (Å²) >= 11 is 12.2. The molecule has 3 aromatic rings. The minimum absolute atomic E-state index is 0.0791. The van der Waals surface area contributed by atoms with Crippen LogP contribution < -0.4 is 9.62 Å². The first-order valence-electron chi connectivity index (χ1n) is 12.5. The normalized spacial score (nSPS) is 12.2. The molecule has 0 saturated carbocycles. The van der Waals surface area contributed by atoms with Gasteiger partial charge in [0.2, 0.25) is 21.8 Å². The van der Waals surface area contributed by atoms with E-state index in [4.69, 9.17) is 23.2 Å². The van der Waals surface area contributed by atoms with Gasteiger partial charge < -0.3 is 10.2 Å². The van der Waals surface area contributed by atoms with Gasteiger partial charge in [0.15, 0.2) is 0 Å². The second-order valence-electron chi connectivity index (χ2n) is 9.74. The van der Waals surface area contributed by atoms with Gasteiger partial charge in [-0.15, -0.1) is 0 Å². The third-order valence-corrected chi connectivity index (χ3v) is 7.62. The van der Waals surface area contributed by atoms with Crippen LogP contribution in [0.15, 0.2) is 78.9 Å². The topological polar surface area (TPSA) is 86.8 Å². The van der Waals surface area contributed by atoms with Crippen LogP contribution in [0.3, 0.4) is 0 Å². The van der Waals surface area contributed by atoms with Crippen LogP contribution in [-0.4, -0.2) is 50.5 Å². The van der Waals surface area contributed by atoms with Gasteiger partial charge in [0.05, 0.1) is 11.9 Å². The predicted molar refractivity (Wildman–Crippen MR) is 157 cm³/mol. The highest BCUT2D eigenvalue weighted by Gasteiger charge is 2.33. The Bertz CT molecular complexity index is 1370. The SMILES string of the molecule is CC(C)CNC(=O)C(Cc1ccccc1)N(Cc1ccc(Cl)cc1)C(=O)CN(c1cccc(Cl)c1)S(C)(=O)=O. The number of sulfonamides is 1. The fourth-order valence-corrected chi connectivity index (χ4v) is 5.16. The summed E-state index contributed by atoms with van der Waals surface area (Å²) < 4.78 is 26.6. The minimum atomic E-state index is -3.86. The van der Waals surface area contributed by atoms with Gasteiger partial charge in [-0.05, 0) is 47.4 Å². The van der Waals surface area contributed by atoms with Crippen molar-refractivity contribution in [2.75, 3.05) is 23.7 Å². The van der Waals surface area contributed by atoms with Crippen LogP contribution in [0, 0.1) is 5.92 Å². The number of anilines is 1. The largest absolute Gasteiger partial charge is 0.354 e. The van der Waals surface area contributed by atoms with Gasteiger partial charge in [-0.2, -0.15) is 0 Å². The number of amides is 2. The number of benzene rings is 3. The Labute approximate surface area is 240 Å². The van der Waals surface area contributed by atoms with Gasteiger partial charge in [-0.3, -0.25) is 13.9 Å². The van der Waals surface area contributed by atoms with Crippen molar-refractivity contribution in [1.29, 1.82) is 0 Å². The molecule has 0 bridgehead atoms. The lowest BCUT2D eigenvalue weighted by molar-refractivity contribution is -0.140. The fourth-order valence-electron chi connectivity index (χ4n) is 4.01. The second kappa shape index (κ2) is 13.8. The van der Waals surface area contributed by atoms with E-state index in [1.807, 2.05) is 44.2 Å². The van der Waals surface area contributed by atoms with Crippen LogP contribution in [0.25, 0.3) is 0 Å². The summed E-state index contributed by atoms with van der Waals surface area (Å²) in [6, 6.07) is 21.8. The average Bonchev–Trinajstić information content (AvgIpc) is 2.88. The molecule has 0 aliphatic carbocycles. The Morgan fingerprint density at radius 3 is 2.13 bits per heavy atom. The van der Waals surface area contributed by atoms with Crippen LogP contribution in [0.5, 0.6) is 0 Å². The smallest absolute Gasteiger partial charge is 0.244 e. The van der Waals surface area contributed by atoms with Gasteiger partial charge in [-0.25, -0.2) is 8.42 Å². The zero-order chi connectivity index (χ0) is 28.6. The van der Waals surface area contributed by atoms with E-state index in [-0.39, 0.29) is 30.5 Å². The van der Waals surface area contributed by atoms with Crippen molar-refractivity contribution in [3.05, 3.63) is 100 Å². The molecule has 3 rings (SSSR count). The van der Waals surface area contributed by atoms with Crippen molar-refractivity contribution in [2.45, 2.75) is 32.9 Å². The zero-order valence-electron chi connectivity index (χ0n) is 22.2. The molecule has 10 heteroatoms. The van der Waals surface area contributed by atoms with Crippen LogP contribution in [0.2, 0.25) is 10.0 Å². The summed E-state index contributed by atoms with van der Waals surface area (Å²) in [5.41, 5.74) is 1.87. The van der Waals surface area contributed by atoms with Gasteiger partial charge in [-0.1, -0.05) is 85.6 Å². The number of hydrogen-bond acceptors (Lipinski definition) is 4. The first-order valence-corrected chi connectivity index (χ1v) is 15.1. The third-order valence-electron chi connectivity index (χ3n) is 6.00. The zero-order valence-corrected chi connectivity index (χ0v) is 24.5. The number of halogens is 2. The van der Waals surface area contributed by atoms with E-state index in [9.17, 15) is 18.0 Å². The van der Waals surface area contributed by atoms with E-state index in [0.29, 0.717) is 16.6 Å². The Morgan fingerprint density at radius 2 is 1.54 bits per heavy atom. The molecule has 0 fully saturated rings. The highest BCUT2D eigenvalue weighted by Crippen LogP contribution is 2.23. The molecular formula is C29H33Cl2N3O4S. The molecule has 0 radical (unpaired) electrons. The van der Waals surface area contributed by atoms with Crippen molar-refractivity contribution in [3.8, 4) is 0 Å². The number of hydrogen-bond donors (Lipinski definition) is 1. The molecule has 1 atom stereocenters. The molecule has 208 valence electrons. The van der Waals surface area contributed by atoms with Gasteiger partial charge in [0.1, 0.15) is 12.6 Å². The summed E-state index contributed by atoms with van der Waals surface area (Å²) in [6.45, 7) is 3.98. The molecule has 3 aromatic carbocycles. The van der Waals surface area contributed by atoms with Crippen LogP contribution >= 0.6 is 23.2 Å². The molecule has 0 heterocycles. The molecule has 1 N–H and O–H groups in total. The Hall–Kier alpha value is -3.07. The quantitative estimate of drug-likeness (QED) is 0.315. The van der Waals surface area contributed by atoms with E-state index in [1.54, 1.807) is 42.5 Å². The Balaban J connectivity index is 2.04. The van der Waals surface area contributed by atoms with E-state index in [0.717, 1.165) is 21.7 Å². The van der Waals surface area contributed by atoms with E-state index in [2.05, 4.69) is 5.32 Å². The molecule has 0 aliphatic heterocycles. The van der Waals surface area contributed by atoms with Crippen LogP contribution in [0.4, 0.5) is 5.69 Å². The average molecular weight is 591 g/mol. The first-order chi connectivity index (χ1) is 18.4. The Morgan fingerprint density at radius 1 is 0.872 bits per heavy atom. The van der Waals surface area contributed by atoms with Gasteiger partial charge >= 0.3 is 0 Å². The number of carbonyl (C=O) groups excluding carboxylic acids is 2. The van der Waals surface area contributed by atoms with Crippen molar-refractivity contribution < 1.29 is 18.0 Å². The van der Waals surface area contributed by atoms with Crippen molar-refractivity contribution in [1.82, 2.24) is 10.2 Å². The highest BCUT2D eigenvalue weighted by atomic mass is 35.5.